The molecule has 0 aliphatic carbocycles. The lowest BCUT2D eigenvalue weighted by atomic mass is 9.93. The number of nitrogens with zero attached hydrogens (tertiary/aromatic N) is 3. The molecule has 0 radical (unpaired) electrons. The van der Waals surface area contributed by atoms with Crippen molar-refractivity contribution < 1.29 is 9.90 Å². The molecule has 1 aliphatic rings. The first-order chi connectivity index (χ1) is 18.3. The summed E-state index contributed by atoms with van der Waals surface area (Å²) in [6.45, 7) is 6.57. The second-order valence-electron chi connectivity index (χ2n) is 10.0. The van der Waals surface area contributed by atoms with Crippen LogP contribution >= 0.6 is 11.3 Å². The molecule has 0 spiro atoms. The molecule has 4 aromatic rings. The van der Waals surface area contributed by atoms with Gasteiger partial charge >= 0.3 is 5.97 Å². The summed E-state index contributed by atoms with van der Waals surface area (Å²) in [4.78, 5) is 21.6. The lowest BCUT2D eigenvalue weighted by molar-refractivity contribution is -0.136. The van der Waals surface area contributed by atoms with E-state index in [4.69, 9.17) is 10.4 Å². The van der Waals surface area contributed by atoms with Crippen molar-refractivity contribution in [2.24, 2.45) is 0 Å². The Morgan fingerprint density at radius 3 is 2.63 bits per heavy atom. The third-order valence-electron chi connectivity index (χ3n) is 7.47. The zero-order chi connectivity index (χ0) is 27.0. The van der Waals surface area contributed by atoms with Gasteiger partial charge in [0.2, 0.25) is 0 Å². The van der Waals surface area contributed by atoms with Crippen molar-refractivity contribution in [1.82, 2.24) is 9.88 Å². The SMILES string of the molecule is CNc1ccc(C2CN(c3nc4cc(C)c(CC(=O)O)c(-c5ccc(C)cc5)c4s3)CCN2C)cc1C=N. The van der Waals surface area contributed by atoms with Gasteiger partial charge in [-0.25, -0.2) is 4.98 Å². The zero-order valence-electron chi connectivity index (χ0n) is 22.2. The molecular formula is C30H33N5O2S. The van der Waals surface area contributed by atoms with Gasteiger partial charge in [0.1, 0.15) is 0 Å². The van der Waals surface area contributed by atoms with E-state index in [2.05, 4.69) is 65.5 Å². The van der Waals surface area contributed by atoms with Crippen LogP contribution in [0.1, 0.15) is 33.9 Å². The van der Waals surface area contributed by atoms with Crippen molar-refractivity contribution in [2.45, 2.75) is 26.3 Å². The smallest absolute Gasteiger partial charge is 0.307 e. The first-order valence-electron chi connectivity index (χ1n) is 12.8. The van der Waals surface area contributed by atoms with E-state index in [0.717, 1.165) is 68.5 Å². The number of aryl methyl sites for hydroxylation is 2. The van der Waals surface area contributed by atoms with Crippen molar-refractivity contribution in [2.75, 3.05) is 43.9 Å². The molecule has 0 amide bonds. The number of anilines is 2. The van der Waals surface area contributed by atoms with Crippen LogP contribution in [-0.4, -0.2) is 60.9 Å². The maximum Gasteiger partial charge on any atom is 0.307 e. The standard InChI is InChI=1S/C30H33N5O2S/c1-18-5-7-20(8-6-18)28-23(15-27(36)37)19(2)13-25-29(28)38-30(33-25)35-12-11-34(4)26(17-35)21-9-10-24(32-3)22(14-21)16-31/h5-10,13-14,16,26,31-32H,11-12,15,17H2,1-4H3,(H,36,37). The molecule has 5 rings (SSSR count). The highest BCUT2D eigenvalue weighted by Gasteiger charge is 2.29. The average molecular weight is 528 g/mol. The van der Waals surface area contributed by atoms with Gasteiger partial charge in [0.15, 0.2) is 5.13 Å². The van der Waals surface area contributed by atoms with Gasteiger partial charge in [0.05, 0.1) is 22.7 Å². The molecule has 0 bridgehead atoms. The molecule has 1 fully saturated rings. The Balaban J connectivity index is 1.56. The molecule has 3 aromatic carbocycles. The zero-order valence-corrected chi connectivity index (χ0v) is 23.0. The van der Waals surface area contributed by atoms with E-state index >= 15 is 0 Å². The van der Waals surface area contributed by atoms with Crippen molar-refractivity contribution in [3.05, 3.63) is 76.3 Å². The molecule has 1 atom stereocenters. The first-order valence-corrected chi connectivity index (χ1v) is 13.6. The summed E-state index contributed by atoms with van der Waals surface area (Å²) < 4.78 is 1.03. The molecule has 1 unspecified atom stereocenters. The minimum Gasteiger partial charge on any atom is -0.481 e. The number of fused-ring (bicyclic) bond motifs is 1. The minimum atomic E-state index is -0.832. The van der Waals surface area contributed by atoms with E-state index < -0.39 is 5.97 Å². The number of benzene rings is 3. The van der Waals surface area contributed by atoms with Crippen molar-refractivity contribution >= 4 is 44.6 Å². The summed E-state index contributed by atoms with van der Waals surface area (Å²) >= 11 is 1.65. The molecule has 0 saturated carbocycles. The summed E-state index contributed by atoms with van der Waals surface area (Å²) in [6, 6.07) is 16.8. The predicted octanol–water partition coefficient (Wildman–Crippen LogP) is 5.74. The highest BCUT2D eigenvalue weighted by molar-refractivity contribution is 7.22. The van der Waals surface area contributed by atoms with E-state index in [1.54, 1.807) is 11.3 Å². The highest BCUT2D eigenvalue weighted by Crippen LogP contribution is 2.41. The predicted molar refractivity (Wildman–Crippen MR) is 157 cm³/mol. The number of hydrogen-bond donors (Lipinski definition) is 3. The number of aliphatic carboxylic acids is 1. The van der Waals surface area contributed by atoms with Gasteiger partial charge in [-0.15, -0.1) is 0 Å². The Hall–Kier alpha value is -3.75. The quantitative estimate of drug-likeness (QED) is 0.266. The van der Waals surface area contributed by atoms with Gasteiger partial charge in [-0.05, 0) is 61.3 Å². The van der Waals surface area contributed by atoms with E-state index in [9.17, 15) is 9.90 Å². The Labute approximate surface area is 227 Å². The first kappa shape index (κ1) is 25.9. The number of thiazole rings is 1. The number of hydrogen-bond acceptors (Lipinski definition) is 7. The third-order valence-corrected chi connectivity index (χ3v) is 8.62. The number of carbonyl (C=O) groups is 1. The van der Waals surface area contributed by atoms with E-state index in [1.807, 2.05) is 26.1 Å². The van der Waals surface area contributed by atoms with Gasteiger partial charge in [0, 0.05) is 49.7 Å². The average Bonchev–Trinajstić information content (AvgIpc) is 3.32. The second-order valence-corrected chi connectivity index (χ2v) is 11.0. The molecule has 1 aliphatic heterocycles. The van der Waals surface area contributed by atoms with Crippen LogP contribution in [-0.2, 0) is 11.2 Å². The van der Waals surface area contributed by atoms with Crippen molar-refractivity contribution in [3.8, 4) is 11.1 Å². The Morgan fingerprint density at radius 2 is 1.95 bits per heavy atom. The number of piperazine rings is 1. The molecule has 196 valence electrons. The van der Waals surface area contributed by atoms with Crippen LogP contribution in [0.2, 0.25) is 0 Å². The Kier molecular flexibility index (Phi) is 7.19. The van der Waals surface area contributed by atoms with E-state index in [-0.39, 0.29) is 12.5 Å². The lowest BCUT2D eigenvalue weighted by Crippen LogP contribution is -2.46. The van der Waals surface area contributed by atoms with Gasteiger partial charge in [-0.3, -0.25) is 9.69 Å². The molecule has 38 heavy (non-hydrogen) atoms. The van der Waals surface area contributed by atoms with Crippen LogP contribution in [0.3, 0.4) is 0 Å². The number of aromatic nitrogens is 1. The topological polar surface area (TPSA) is 92.6 Å². The fourth-order valence-corrected chi connectivity index (χ4v) is 6.48. The molecule has 1 aromatic heterocycles. The molecule has 2 heterocycles. The fourth-order valence-electron chi connectivity index (χ4n) is 5.31. The van der Waals surface area contributed by atoms with Crippen LogP contribution in [0.15, 0.2) is 48.5 Å². The Bertz CT molecular complexity index is 1510. The van der Waals surface area contributed by atoms with Crippen LogP contribution < -0.4 is 10.2 Å². The molecule has 3 N–H and O–H groups in total. The largest absolute Gasteiger partial charge is 0.481 e. The lowest BCUT2D eigenvalue weighted by Gasteiger charge is -2.39. The van der Waals surface area contributed by atoms with Gasteiger partial charge < -0.3 is 20.7 Å². The Morgan fingerprint density at radius 1 is 1.18 bits per heavy atom. The van der Waals surface area contributed by atoms with Crippen LogP contribution in [0.5, 0.6) is 0 Å². The van der Waals surface area contributed by atoms with Crippen molar-refractivity contribution in [1.29, 1.82) is 5.41 Å². The van der Waals surface area contributed by atoms with Crippen molar-refractivity contribution in [3.63, 3.8) is 0 Å². The monoisotopic (exact) mass is 527 g/mol. The fraction of sp³-hybridized carbons (Fsp3) is 0.300. The number of carboxylic acids is 1. The van der Waals surface area contributed by atoms with Crippen LogP contribution in [0, 0.1) is 19.3 Å². The van der Waals surface area contributed by atoms with Gasteiger partial charge in [-0.2, -0.15) is 0 Å². The second kappa shape index (κ2) is 10.6. The summed E-state index contributed by atoms with van der Waals surface area (Å²) in [7, 11) is 4.02. The number of carboxylic acid groups (broad SMARTS) is 1. The number of nitrogens with one attached hydrogen (secondary N) is 2. The normalized spacial score (nSPS) is 16.1. The third kappa shape index (κ3) is 4.89. The van der Waals surface area contributed by atoms with Gasteiger partial charge in [0.25, 0.3) is 0 Å². The maximum absolute atomic E-state index is 11.8. The van der Waals surface area contributed by atoms with Gasteiger partial charge in [-0.1, -0.05) is 47.2 Å². The maximum atomic E-state index is 11.8. The minimum absolute atomic E-state index is 0.0211. The summed E-state index contributed by atoms with van der Waals surface area (Å²) in [5, 5.41) is 21.6. The highest BCUT2D eigenvalue weighted by atomic mass is 32.1. The molecule has 1 saturated heterocycles. The molecular weight excluding hydrogens is 494 g/mol. The summed E-state index contributed by atoms with van der Waals surface area (Å²) in [6.07, 6.45) is 1.37. The van der Waals surface area contributed by atoms with Crippen LogP contribution in [0.4, 0.5) is 10.8 Å². The van der Waals surface area contributed by atoms with Crippen LogP contribution in [0.25, 0.3) is 21.3 Å². The van der Waals surface area contributed by atoms with E-state index in [0.29, 0.717) is 0 Å². The number of likely N-dealkylation sites (N-methyl/N-ethyl adjacent to an activating group) is 1. The number of rotatable bonds is 7. The molecule has 8 heteroatoms. The molecule has 7 nitrogen and oxygen atoms in total. The van der Waals surface area contributed by atoms with E-state index in [1.165, 1.54) is 17.3 Å². The summed E-state index contributed by atoms with van der Waals surface area (Å²) in [5.74, 6) is -0.832. The summed E-state index contributed by atoms with van der Waals surface area (Å²) in [5.41, 5.74) is 8.88.